The predicted octanol–water partition coefficient (Wildman–Crippen LogP) is 4.73. The lowest BCUT2D eigenvalue weighted by atomic mass is 10.0. The molecule has 0 radical (unpaired) electrons. The molecule has 0 fully saturated rings. The van der Waals surface area contributed by atoms with Crippen molar-refractivity contribution in [1.82, 2.24) is 10.2 Å². The molecule has 0 saturated heterocycles. The molecular formula is C19H15F3N2O2. The standard InChI is InChI=1S/C19H15F3N2O2/c1-2-10-26-19(25)13-4-3-5-14(21)15(13)18-16(22)17(23-24-18)11-6-8-12(20)9-7-11/h3-9H,2,10H2,1H3,(H,23,24). The minimum Gasteiger partial charge on any atom is -0.462 e. The second kappa shape index (κ2) is 7.43. The van der Waals surface area contributed by atoms with Gasteiger partial charge in [0, 0.05) is 5.56 Å². The molecule has 0 aliphatic carbocycles. The van der Waals surface area contributed by atoms with Crippen LogP contribution in [0, 0.1) is 17.5 Å². The highest BCUT2D eigenvalue weighted by Crippen LogP contribution is 2.32. The number of hydrogen-bond donors (Lipinski definition) is 1. The number of nitrogens with one attached hydrogen (secondary N) is 1. The largest absolute Gasteiger partial charge is 0.462 e. The number of nitrogens with zero attached hydrogens (tertiary/aromatic N) is 1. The maximum atomic E-state index is 14.9. The third-order valence-corrected chi connectivity index (χ3v) is 3.75. The van der Waals surface area contributed by atoms with Crippen LogP contribution in [-0.4, -0.2) is 22.8 Å². The van der Waals surface area contributed by atoms with Gasteiger partial charge in [0.1, 0.15) is 23.0 Å². The zero-order valence-electron chi connectivity index (χ0n) is 13.9. The van der Waals surface area contributed by atoms with Crippen molar-refractivity contribution >= 4 is 5.97 Å². The van der Waals surface area contributed by atoms with E-state index in [1.807, 2.05) is 6.92 Å². The van der Waals surface area contributed by atoms with Crippen LogP contribution in [0.1, 0.15) is 23.7 Å². The van der Waals surface area contributed by atoms with E-state index in [0.29, 0.717) is 12.0 Å². The Bertz CT molecular complexity index is 936. The molecule has 0 saturated carbocycles. The molecule has 0 aliphatic heterocycles. The second-order valence-electron chi connectivity index (χ2n) is 5.57. The minimum atomic E-state index is -0.841. The lowest BCUT2D eigenvalue weighted by molar-refractivity contribution is 0.0505. The van der Waals surface area contributed by atoms with E-state index in [4.69, 9.17) is 4.74 Å². The summed E-state index contributed by atoms with van der Waals surface area (Å²) in [6.45, 7) is 1.99. The highest BCUT2D eigenvalue weighted by molar-refractivity contribution is 5.97. The number of ether oxygens (including phenoxy) is 1. The highest BCUT2D eigenvalue weighted by Gasteiger charge is 2.24. The lowest BCUT2D eigenvalue weighted by Crippen LogP contribution is -2.09. The number of H-pyrrole nitrogens is 1. The molecule has 0 unspecified atom stereocenters. The summed E-state index contributed by atoms with van der Waals surface area (Å²) in [4.78, 5) is 12.2. The average Bonchev–Trinajstić information content (AvgIpc) is 3.01. The fraction of sp³-hybridized carbons (Fsp3) is 0.158. The first-order valence-electron chi connectivity index (χ1n) is 7.98. The maximum absolute atomic E-state index is 14.9. The highest BCUT2D eigenvalue weighted by atomic mass is 19.1. The van der Waals surface area contributed by atoms with Crippen LogP contribution in [0.4, 0.5) is 13.2 Å². The molecule has 134 valence electrons. The Hall–Kier alpha value is -3.09. The van der Waals surface area contributed by atoms with Gasteiger partial charge in [0.2, 0.25) is 0 Å². The summed E-state index contributed by atoms with van der Waals surface area (Å²) >= 11 is 0. The Morgan fingerprint density at radius 3 is 2.54 bits per heavy atom. The fourth-order valence-corrected chi connectivity index (χ4v) is 2.51. The Kier molecular flexibility index (Phi) is 5.06. The van der Waals surface area contributed by atoms with E-state index < -0.39 is 23.4 Å². The quantitative estimate of drug-likeness (QED) is 0.670. The minimum absolute atomic E-state index is 0.101. The summed E-state index contributed by atoms with van der Waals surface area (Å²) in [5.41, 5.74) is -0.418. The number of esters is 1. The predicted molar refractivity (Wildman–Crippen MR) is 89.9 cm³/mol. The monoisotopic (exact) mass is 360 g/mol. The van der Waals surface area contributed by atoms with Crippen molar-refractivity contribution in [2.75, 3.05) is 6.61 Å². The van der Waals surface area contributed by atoms with E-state index in [1.54, 1.807) is 0 Å². The number of rotatable bonds is 5. The summed E-state index contributed by atoms with van der Waals surface area (Å²) in [6, 6.07) is 8.86. The number of carbonyl (C=O) groups excluding carboxylic acids is 1. The van der Waals surface area contributed by atoms with Gasteiger partial charge < -0.3 is 4.74 Å². The van der Waals surface area contributed by atoms with Gasteiger partial charge in [-0.2, -0.15) is 5.10 Å². The van der Waals surface area contributed by atoms with Gasteiger partial charge in [-0.15, -0.1) is 0 Å². The maximum Gasteiger partial charge on any atom is 0.338 e. The summed E-state index contributed by atoms with van der Waals surface area (Å²) in [7, 11) is 0. The smallest absolute Gasteiger partial charge is 0.338 e. The van der Waals surface area contributed by atoms with Crippen LogP contribution in [0.2, 0.25) is 0 Å². The fourth-order valence-electron chi connectivity index (χ4n) is 2.51. The first kappa shape index (κ1) is 17.7. The van der Waals surface area contributed by atoms with Crippen LogP contribution >= 0.6 is 0 Å². The topological polar surface area (TPSA) is 55.0 Å². The van der Waals surface area contributed by atoms with E-state index in [-0.39, 0.29) is 29.1 Å². The molecule has 7 heteroatoms. The number of benzene rings is 2. The second-order valence-corrected chi connectivity index (χ2v) is 5.57. The van der Waals surface area contributed by atoms with Crippen LogP contribution in [0.5, 0.6) is 0 Å². The zero-order chi connectivity index (χ0) is 18.7. The average molecular weight is 360 g/mol. The number of hydrogen-bond acceptors (Lipinski definition) is 3. The normalized spacial score (nSPS) is 10.8. The van der Waals surface area contributed by atoms with Crippen molar-refractivity contribution in [3.63, 3.8) is 0 Å². The molecule has 0 aliphatic rings. The van der Waals surface area contributed by atoms with Crippen molar-refractivity contribution in [3.8, 4) is 22.5 Å². The Morgan fingerprint density at radius 1 is 1.12 bits per heavy atom. The van der Waals surface area contributed by atoms with Crippen LogP contribution < -0.4 is 0 Å². The Balaban J connectivity index is 2.08. The van der Waals surface area contributed by atoms with Gasteiger partial charge in [-0.25, -0.2) is 18.0 Å². The number of halogens is 3. The first-order chi connectivity index (χ1) is 12.5. The van der Waals surface area contributed by atoms with E-state index in [9.17, 15) is 18.0 Å². The van der Waals surface area contributed by atoms with Crippen molar-refractivity contribution in [3.05, 3.63) is 65.5 Å². The summed E-state index contributed by atoms with van der Waals surface area (Å²) in [5.74, 6) is -2.85. The SMILES string of the molecule is CCCOC(=O)c1cccc(F)c1-c1[nH]nc(-c2ccc(F)cc2)c1F. The molecular weight excluding hydrogens is 345 g/mol. The molecule has 26 heavy (non-hydrogen) atoms. The molecule has 1 aromatic heterocycles. The van der Waals surface area contributed by atoms with Gasteiger partial charge in [-0.05, 0) is 42.8 Å². The van der Waals surface area contributed by atoms with Crippen LogP contribution in [-0.2, 0) is 4.74 Å². The molecule has 3 rings (SSSR count). The van der Waals surface area contributed by atoms with E-state index >= 15 is 0 Å². The molecule has 1 heterocycles. The molecule has 0 amide bonds. The molecule has 4 nitrogen and oxygen atoms in total. The lowest BCUT2D eigenvalue weighted by Gasteiger charge is -2.09. The van der Waals surface area contributed by atoms with Gasteiger partial charge in [0.15, 0.2) is 5.82 Å². The molecule has 0 atom stereocenters. The Morgan fingerprint density at radius 2 is 1.85 bits per heavy atom. The van der Waals surface area contributed by atoms with Crippen molar-refractivity contribution < 1.29 is 22.7 Å². The Labute approximate surface area is 147 Å². The molecule has 3 aromatic rings. The molecule has 0 bridgehead atoms. The number of aromatic nitrogens is 2. The van der Waals surface area contributed by atoms with Gasteiger partial charge in [0.25, 0.3) is 0 Å². The van der Waals surface area contributed by atoms with E-state index in [1.165, 1.54) is 36.4 Å². The molecule has 2 aromatic carbocycles. The third-order valence-electron chi connectivity index (χ3n) is 3.75. The third kappa shape index (κ3) is 3.33. The summed E-state index contributed by atoms with van der Waals surface area (Å²) < 4.78 is 47.3. The van der Waals surface area contributed by atoms with E-state index in [0.717, 1.165) is 6.07 Å². The number of carbonyl (C=O) groups is 1. The van der Waals surface area contributed by atoms with Crippen molar-refractivity contribution in [2.45, 2.75) is 13.3 Å². The van der Waals surface area contributed by atoms with Crippen LogP contribution in [0.15, 0.2) is 42.5 Å². The van der Waals surface area contributed by atoms with Gasteiger partial charge in [0.05, 0.1) is 17.7 Å². The first-order valence-corrected chi connectivity index (χ1v) is 7.98. The van der Waals surface area contributed by atoms with Crippen molar-refractivity contribution in [1.29, 1.82) is 0 Å². The van der Waals surface area contributed by atoms with Gasteiger partial charge >= 0.3 is 5.97 Å². The molecule has 1 N–H and O–H groups in total. The van der Waals surface area contributed by atoms with Crippen LogP contribution in [0.25, 0.3) is 22.5 Å². The zero-order valence-corrected chi connectivity index (χ0v) is 13.9. The van der Waals surface area contributed by atoms with Gasteiger partial charge in [-0.3, -0.25) is 5.10 Å². The van der Waals surface area contributed by atoms with Crippen molar-refractivity contribution in [2.24, 2.45) is 0 Å². The molecule has 0 spiro atoms. The van der Waals surface area contributed by atoms with Gasteiger partial charge in [-0.1, -0.05) is 13.0 Å². The van der Waals surface area contributed by atoms with E-state index in [2.05, 4.69) is 10.2 Å². The summed E-state index contributed by atoms with van der Waals surface area (Å²) in [6.07, 6.45) is 0.601. The summed E-state index contributed by atoms with van der Waals surface area (Å²) in [5, 5.41) is 6.28. The van der Waals surface area contributed by atoms with Crippen LogP contribution in [0.3, 0.4) is 0 Å². The number of aromatic amines is 1.